The summed E-state index contributed by atoms with van der Waals surface area (Å²) in [5.41, 5.74) is -2.44. The summed E-state index contributed by atoms with van der Waals surface area (Å²) in [6, 6.07) is 4.11. The summed E-state index contributed by atoms with van der Waals surface area (Å²) >= 11 is 3.11. The summed E-state index contributed by atoms with van der Waals surface area (Å²) in [7, 11) is 0. The van der Waals surface area contributed by atoms with Crippen LogP contribution in [0.25, 0.3) is 0 Å². The van der Waals surface area contributed by atoms with Gasteiger partial charge in [0.2, 0.25) is 0 Å². The molecule has 1 aromatic carbocycles. The molecule has 0 radical (unpaired) electrons. The van der Waals surface area contributed by atoms with Crippen molar-refractivity contribution in [2.24, 2.45) is 4.99 Å². The van der Waals surface area contributed by atoms with E-state index in [1.807, 2.05) is 0 Å². The number of hydrogen-bond donors (Lipinski definition) is 1. The Morgan fingerprint density at radius 3 is 1.87 bits per heavy atom. The van der Waals surface area contributed by atoms with E-state index in [0.29, 0.717) is 4.47 Å². The smallest absolute Gasteiger partial charge is 0.398 e. The average molecular weight is 520 g/mol. The standard InChI is InChI=1S/C18H11BrF9N3/c19-10-3-8(1-2-11(10)29)12-6-15(7-30-12,18(26,27)28)9-4-13(16(20,21)22)31-14(5-9)17(23,24)25/h1-5H,6-7,29H2. The molecule has 31 heavy (non-hydrogen) atoms. The van der Waals surface area contributed by atoms with E-state index in [9.17, 15) is 39.5 Å². The predicted molar refractivity (Wildman–Crippen MR) is 96.5 cm³/mol. The molecule has 0 spiro atoms. The lowest BCUT2D eigenvalue weighted by molar-refractivity contribution is -0.185. The predicted octanol–water partition coefficient (Wildman–Crippen LogP) is 6.16. The summed E-state index contributed by atoms with van der Waals surface area (Å²) < 4.78 is 121. The first-order valence-corrected chi connectivity index (χ1v) is 9.16. The van der Waals surface area contributed by atoms with Gasteiger partial charge in [-0.15, -0.1) is 0 Å². The van der Waals surface area contributed by atoms with E-state index in [4.69, 9.17) is 5.73 Å². The molecule has 2 N–H and O–H groups in total. The van der Waals surface area contributed by atoms with Gasteiger partial charge in [-0.1, -0.05) is 6.07 Å². The lowest BCUT2D eigenvalue weighted by Gasteiger charge is -2.32. The number of aliphatic imine (C=N–C) groups is 1. The molecule has 3 nitrogen and oxygen atoms in total. The number of rotatable bonds is 2. The van der Waals surface area contributed by atoms with E-state index in [1.54, 1.807) is 0 Å². The SMILES string of the molecule is Nc1ccc(C2=NCC(c3cc(C(F)(F)F)nc(C(F)(F)F)c3)(C(F)(F)F)C2)cc1Br. The second-order valence-electron chi connectivity index (χ2n) is 6.88. The number of nitrogens with zero attached hydrogens (tertiary/aromatic N) is 2. The fraction of sp³-hybridized carbons (Fsp3) is 0.333. The Labute approximate surface area is 177 Å². The van der Waals surface area contributed by atoms with Crippen molar-refractivity contribution in [2.45, 2.75) is 30.4 Å². The third-order valence-corrected chi connectivity index (χ3v) is 5.53. The van der Waals surface area contributed by atoms with Crippen LogP contribution in [0.4, 0.5) is 45.2 Å². The molecule has 0 amide bonds. The molecule has 0 aliphatic carbocycles. The van der Waals surface area contributed by atoms with Crippen LogP contribution in [0.15, 0.2) is 39.8 Å². The first-order chi connectivity index (χ1) is 14.0. The molecule has 1 atom stereocenters. The number of nitrogen functional groups attached to an aromatic ring is 1. The van der Waals surface area contributed by atoms with Crippen molar-refractivity contribution in [1.82, 2.24) is 4.98 Å². The molecular weight excluding hydrogens is 509 g/mol. The molecule has 0 saturated heterocycles. The second kappa shape index (κ2) is 7.38. The van der Waals surface area contributed by atoms with E-state index >= 15 is 0 Å². The summed E-state index contributed by atoms with van der Waals surface area (Å²) in [5, 5.41) is 0. The van der Waals surface area contributed by atoms with Gasteiger partial charge in [0.1, 0.15) is 16.8 Å². The minimum atomic E-state index is -5.38. The van der Waals surface area contributed by atoms with Crippen LogP contribution in [0.1, 0.15) is 28.9 Å². The van der Waals surface area contributed by atoms with Gasteiger partial charge in [-0.2, -0.15) is 39.5 Å². The Morgan fingerprint density at radius 2 is 1.42 bits per heavy atom. The number of halogens is 10. The molecule has 13 heteroatoms. The minimum absolute atomic E-state index is 0.0000874. The summed E-state index contributed by atoms with van der Waals surface area (Å²) in [4.78, 5) is 6.29. The van der Waals surface area contributed by atoms with Crippen molar-refractivity contribution in [3.05, 3.63) is 57.3 Å². The second-order valence-corrected chi connectivity index (χ2v) is 7.73. The third-order valence-electron chi connectivity index (χ3n) is 4.84. The average Bonchev–Trinajstić information content (AvgIpc) is 3.09. The van der Waals surface area contributed by atoms with E-state index in [-0.39, 0.29) is 29.1 Å². The molecule has 1 aliphatic rings. The number of anilines is 1. The summed E-state index contributed by atoms with van der Waals surface area (Å²) in [6.07, 6.45) is -16.9. The maximum Gasteiger partial charge on any atom is 0.433 e. The molecule has 0 saturated carbocycles. The van der Waals surface area contributed by atoms with Crippen molar-refractivity contribution in [3.63, 3.8) is 0 Å². The first-order valence-electron chi connectivity index (χ1n) is 8.37. The fourth-order valence-electron chi connectivity index (χ4n) is 3.17. The molecule has 0 fully saturated rings. The van der Waals surface area contributed by atoms with Crippen molar-refractivity contribution in [3.8, 4) is 0 Å². The highest BCUT2D eigenvalue weighted by Gasteiger charge is 2.59. The number of nitrogens with two attached hydrogens (primary N) is 1. The van der Waals surface area contributed by atoms with Crippen molar-refractivity contribution < 1.29 is 39.5 Å². The van der Waals surface area contributed by atoms with Crippen LogP contribution in [0.3, 0.4) is 0 Å². The van der Waals surface area contributed by atoms with Gasteiger partial charge in [0.05, 0.1) is 6.54 Å². The molecule has 1 aromatic heterocycles. The van der Waals surface area contributed by atoms with E-state index in [1.165, 1.54) is 18.2 Å². The highest BCUT2D eigenvalue weighted by Crippen LogP contribution is 2.49. The van der Waals surface area contributed by atoms with Crippen LogP contribution in [0.2, 0.25) is 0 Å². The zero-order valence-electron chi connectivity index (χ0n) is 15.1. The van der Waals surface area contributed by atoms with Gasteiger partial charge >= 0.3 is 18.5 Å². The van der Waals surface area contributed by atoms with Crippen LogP contribution in [-0.2, 0) is 17.8 Å². The maximum atomic E-state index is 14.1. The Morgan fingerprint density at radius 1 is 0.871 bits per heavy atom. The largest absolute Gasteiger partial charge is 0.433 e. The number of alkyl halides is 9. The van der Waals surface area contributed by atoms with Gasteiger partial charge in [0.25, 0.3) is 0 Å². The van der Waals surface area contributed by atoms with Crippen LogP contribution in [-0.4, -0.2) is 23.4 Å². The molecule has 3 rings (SSSR count). The number of pyridine rings is 1. The first kappa shape index (κ1) is 23.4. The van der Waals surface area contributed by atoms with Gasteiger partial charge in [-0.05, 0) is 51.3 Å². The van der Waals surface area contributed by atoms with E-state index in [0.717, 1.165) is 0 Å². The Bertz CT molecular complexity index is 1010. The zero-order chi connectivity index (χ0) is 23.4. The summed E-state index contributed by atoms with van der Waals surface area (Å²) in [6.45, 7) is -1.08. The molecule has 168 valence electrons. The topological polar surface area (TPSA) is 51.3 Å². The van der Waals surface area contributed by atoms with Gasteiger partial charge < -0.3 is 5.73 Å². The highest BCUT2D eigenvalue weighted by atomic mass is 79.9. The monoisotopic (exact) mass is 519 g/mol. The number of aromatic nitrogens is 1. The van der Waals surface area contributed by atoms with E-state index in [2.05, 4.69) is 25.9 Å². The van der Waals surface area contributed by atoms with E-state index < -0.39 is 53.9 Å². The number of benzene rings is 1. The lowest BCUT2D eigenvalue weighted by Crippen LogP contribution is -2.44. The third kappa shape index (κ3) is 4.37. The fourth-order valence-corrected chi connectivity index (χ4v) is 3.55. The minimum Gasteiger partial charge on any atom is -0.398 e. The molecular formula is C18H11BrF9N3. The van der Waals surface area contributed by atoms with Crippen LogP contribution < -0.4 is 5.73 Å². The van der Waals surface area contributed by atoms with Crippen molar-refractivity contribution >= 4 is 27.3 Å². The lowest BCUT2D eigenvalue weighted by atomic mass is 9.76. The Hall–Kier alpha value is -2.31. The molecule has 2 aromatic rings. The Balaban J connectivity index is 2.16. The van der Waals surface area contributed by atoms with Gasteiger partial charge in [0, 0.05) is 22.3 Å². The van der Waals surface area contributed by atoms with Gasteiger partial charge in [-0.25, -0.2) is 4.98 Å². The zero-order valence-corrected chi connectivity index (χ0v) is 16.6. The highest BCUT2D eigenvalue weighted by molar-refractivity contribution is 9.10. The van der Waals surface area contributed by atoms with Crippen LogP contribution in [0, 0.1) is 0 Å². The maximum absolute atomic E-state index is 14.1. The van der Waals surface area contributed by atoms with Crippen LogP contribution in [0.5, 0.6) is 0 Å². The molecule has 2 heterocycles. The molecule has 0 bridgehead atoms. The van der Waals surface area contributed by atoms with Crippen molar-refractivity contribution in [2.75, 3.05) is 12.3 Å². The van der Waals surface area contributed by atoms with Crippen LogP contribution >= 0.6 is 15.9 Å². The van der Waals surface area contributed by atoms with Gasteiger partial charge in [-0.3, -0.25) is 4.99 Å². The Kier molecular flexibility index (Phi) is 5.56. The number of hydrogen-bond acceptors (Lipinski definition) is 3. The van der Waals surface area contributed by atoms with Gasteiger partial charge in [0.15, 0.2) is 0 Å². The molecule has 1 aliphatic heterocycles. The molecule has 1 unspecified atom stereocenters. The van der Waals surface area contributed by atoms with Crippen molar-refractivity contribution in [1.29, 1.82) is 0 Å². The normalized spacial score (nSPS) is 20.1. The quantitative estimate of drug-likeness (QED) is 0.381. The summed E-state index contributed by atoms with van der Waals surface area (Å²) in [5.74, 6) is 0.